The van der Waals surface area contributed by atoms with E-state index in [-0.39, 0.29) is 18.2 Å². The average Bonchev–Trinajstić information content (AvgIpc) is 3.57. The maximum Gasteiger partial charge on any atom is 0.304 e. The number of carboxylic acid groups (broad SMARTS) is 1. The number of hydrogen-bond acceptors (Lipinski definition) is 6. The Morgan fingerprint density at radius 1 is 1.29 bits per heavy atom. The number of hydrogen-bond donors (Lipinski definition) is 3. The van der Waals surface area contributed by atoms with E-state index in [9.17, 15) is 9.59 Å². The lowest BCUT2D eigenvalue weighted by Crippen LogP contribution is -2.30. The van der Waals surface area contributed by atoms with E-state index in [1.807, 2.05) is 13.0 Å². The van der Waals surface area contributed by atoms with Gasteiger partial charge in [-0.3, -0.25) is 9.59 Å². The van der Waals surface area contributed by atoms with Crippen LogP contribution in [-0.2, 0) is 4.79 Å². The number of amides is 1. The van der Waals surface area contributed by atoms with Gasteiger partial charge < -0.3 is 20.6 Å². The minimum Gasteiger partial charge on any atom is -0.481 e. The van der Waals surface area contributed by atoms with Crippen LogP contribution in [0.1, 0.15) is 56.4 Å². The third-order valence-corrected chi connectivity index (χ3v) is 5.61. The van der Waals surface area contributed by atoms with Gasteiger partial charge in [0, 0.05) is 37.9 Å². The summed E-state index contributed by atoms with van der Waals surface area (Å²) in [6.07, 6.45) is 9.96. The fraction of sp³-hybridized carbons (Fsp3) is 0.565. The van der Waals surface area contributed by atoms with Crippen LogP contribution in [0.2, 0.25) is 0 Å². The fourth-order valence-corrected chi connectivity index (χ4v) is 3.73. The Morgan fingerprint density at radius 2 is 2.10 bits per heavy atom. The summed E-state index contributed by atoms with van der Waals surface area (Å²) >= 11 is 0. The summed E-state index contributed by atoms with van der Waals surface area (Å²) in [6, 6.07) is 1.78. The van der Waals surface area contributed by atoms with Crippen LogP contribution in [0.5, 0.6) is 0 Å². The van der Waals surface area contributed by atoms with E-state index >= 15 is 0 Å². The van der Waals surface area contributed by atoms with Gasteiger partial charge in [-0.05, 0) is 56.1 Å². The zero-order valence-corrected chi connectivity index (χ0v) is 18.4. The van der Waals surface area contributed by atoms with E-state index in [0.29, 0.717) is 18.8 Å². The zero-order valence-electron chi connectivity index (χ0n) is 18.4. The summed E-state index contributed by atoms with van der Waals surface area (Å²) in [6.45, 7) is 7.23. The fourth-order valence-electron chi connectivity index (χ4n) is 3.73. The molecule has 1 unspecified atom stereocenters. The van der Waals surface area contributed by atoms with Crippen molar-refractivity contribution in [2.45, 2.75) is 46.0 Å². The molecule has 3 rings (SSSR count). The molecule has 1 fully saturated rings. The first-order chi connectivity index (χ1) is 15.0. The molecule has 2 aliphatic carbocycles. The number of carboxylic acids is 1. The number of anilines is 1. The third kappa shape index (κ3) is 7.17. The molecule has 1 aromatic rings. The first-order valence-corrected chi connectivity index (χ1v) is 11.1. The number of nitrogens with zero attached hydrogens (tertiary/aromatic N) is 3. The first-order valence-electron chi connectivity index (χ1n) is 11.1. The monoisotopic (exact) mass is 427 g/mol. The van der Waals surface area contributed by atoms with E-state index in [1.54, 1.807) is 6.07 Å². The van der Waals surface area contributed by atoms with Gasteiger partial charge in [-0.15, -0.1) is 0 Å². The summed E-state index contributed by atoms with van der Waals surface area (Å²) in [5.41, 5.74) is 2.26. The van der Waals surface area contributed by atoms with Crippen molar-refractivity contribution in [3.8, 4) is 0 Å². The Bertz CT molecular complexity index is 847. The molecule has 8 nitrogen and oxygen atoms in total. The molecule has 1 aromatic heterocycles. The van der Waals surface area contributed by atoms with Gasteiger partial charge in [0.15, 0.2) is 0 Å². The second-order valence-corrected chi connectivity index (χ2v) is 8.47. The first kappa shape index (κ1) is 22.9. The molecule has 0 aliphatic heterocycles. The Balaban J connectivity index is 1.56. The molecule has 2 aliphatic rings. The van der Waals surface area contributed by atoms with Crippen molar-refractivity contribution in [2.24, 2.45) is 11.8 Å². The average molecular weight is 428 g/mol. The molecular weight excluding hydrogens is 394 g/mol. The lowest BCUT2D eigenvalue weighted by Gasteiger charge is -2.23. The maximum absolute atomic E-state index is 12.8. The van der Waals surface area contributed by atoms with E-state index in [0.717, 1.165) is 48.9 Å². The Kier molecular flexibility index (Phi) is 8.17. The molecule has 0 radical (unpaired) electrons. The third-order valence-electron chi connectivity index (χ3n) is 5.61. The second-order valence-electron chi connectivity index (χ2n) is 8.47. The number of carbonyl (C=O) groups excluding carboxylic acids is 1. The molecule has 8 heteroatoms. The normalized spacial score (nSPS) is 18.2. The van der Waals surface area contributed by atoms with Crippen LogP contribution in [0.4, 0.5) is 5.82 Å². The predicted molar refractivity (Wildman–Crippen MR) is 120 cm³/mol. The number of nitrogens with one attached hydrogen (secondary N) is 2. The van der Waals surface area contributed by atoms with Crippen LogP contribution in [0.3, 0.4) is 0 Å². The van der Waals surface area contributed by atoms with Gasteiger partial charge in [0.2, 0.25) is 0 Å². The van der Waals surface area contributed by atoms with Crippen molar-refractivity contribution in [3.63, 3.8) is 0 Å². The molecule has 0 bridgehead atoms. The van der Waals surface area contributed by atoms with Gasteiger partial charge in [-0.1, -0.05) is 13.0 Å². The van der Waals surface area contributed by atoms with Crippen molar-refractivity contribution < 1.29 is 14.7 Å². The van der Waals surface area contributed by atoms with Crippen LogP contribution in [0.25, 0.3) is 0 Å². The molecule has 1 atom stereocenters. The highest BCUT2D eigenvalue weighted by molar-refractivity contribution is 5.94. The van der Waals surface area contributed by atoms with Crippen molar-refractivity contribution >= 4 is 17.7 Å². The Morgan fingerprint density at radius 3 is 2.77 bits per heavy atom. The summed E-state index contributed by atoms with van der Waals surface area (Å²) < 4.78 is 0. The molecule has 1 heterocycles. The van der Waals surface area contributed by atoms with E-state index < -0.39 is 5.97 Å². The van der Waals surface area contributed by atoms with Crippen LogP contribution in [-0.4, -0.2) is 53.1 Å². The number of rotatable bonds is 12. The van der Waals surface area contributed by atoms with Gasteiger partial charge in [-0.2, -0.15) is 0 Å². The van der Waals surface area contributed by atoms with Gasteiger partial charge in [0.05, 0.1) is 6.42 Å². The predicted octanol–water partition coefficient (Wildman–Crippen LogP) is 2.75. The van der Waals surface area contributed by atoms with Gasteiger partial charge in [0.25, 0.3) is 5.91 Å². The molecule has 3 N–H and O–H groups in total. The molecule has 31 heavy (non-hydrogen) atoms. The van der Waals surface area contributed by atoms with E-state index in [2.05, 4.69) is 38.5 Å². The minimum atomic E-state index is -0.800. The standard InChI is InChI=1S/C23H33N5O3/c1-3-10-28(14-17-4-5-17)21-12-20(25-15-26-21)23(31)27-19-7-6-18(11-16(19)2)13-24-9-8-22(29)30/h6-7,12,15,17-18,24H,3-5,8-11,13-14H2,1-2H3,(H,27,31)(H,29,30). The van der Waals surface area contributed by atoms with Crippen LogP contribution < -0.4 is 15.5 Å². The molecular formula is C23H33N5O3. The van der Waals surface area contributed by atoms with Crippen LogP contribution in [0.15, 0.2) is 35.8 Å². The quantitative estimate of drug-likeness (QED) is 0.440. The molecule has 1 amide bonds. The largest absolute Gasteiger partial charge is 0.481 e. The highest BCUT2D eigenvalue weighted by atomic mass is 16.4. The molecule has 0 spiro atoms. The summed E-state index contributed by atoms with van der Waals surface area (Å²) in [5, 5.41) is 14.9. The summed E-state index contributed by atoms with van der Waals surface area (Å²) in [5.74, 6) is 0.802. The zero-order chi connectivity index (χ0) is 22.2. The topological polar surface area (TPSA) is 107 Å². The van der Waals surface area contributed by atoms with E-state index in [1.165, 1.54) is 19.2 Å². The van der Waals surface area contributed by atoms with Crippen molar-refractivity contribution in [1.29, 1.82) is 0 Å². The highest BCUT2D eigenvalue weighted by Crippen LogP contribution is 2.31. The molecule has 0 saturated heterocycles. The van der Waals surface area contributed by atoms with Crippen LogP contribution >= 0.6 is 0 Å². The number of carbonyl (C=O) groups is 2. The number of allylic oxidation sites excluding steroid dienone is 2. The van der Waals surface area contributed by atoms with Crippen molar-refractivity contribution in [3.05, 3.63) is 41.5 Å². The molecule has 168 valence electrons. The van der Waals surface area contributed by atoms with Crippen LogP contribution in [0, 0.1) is 11.8 Å². The van der Waals surface area contributed by atoms with Gasteiger partial charge in [-0.25, -0.2) is 9.97 Å². The second kappa shape index (κ2) is 11.0. The van der Waals surface area contributed by atoms with Crippen molar-refractivity contribution in [2.75, 3.05) is 31.1 Å². The SMILES string of the molecule is CCCN(CC1CC1)c1cc(C(=O)NC2=C(C)CC(CNCCC(=O)O)C=C2)ncn1. The summed E-state index contributed by atoms with van der Waals surface area (Å²) in [7, 11) is 0. The number of aliphatic carboxylic acids is 1. The summed E-state index contributed by atoms with van der Waals surface area (Å²) in [4.78, 5) is 34.3. The smallest absolute Gasteiger partial charge is 0.304 e. The Hall–Kier alpha value is -2.74. The van der Waals surface area contributed by atoms with Gasteiger partial charge >= 0.3 is 5.97 Å². The lowest BCUT2D eigenvalue weighted by molar-refractivity contribution is -0.136. The minimum absolute atomic E-state index is 0.115. The number of aromatic nitrogens is 2. The van der Waals surface area contributed by atoms with Gasteiger partial charge in [0.1, 0.15) is 17.8 Å². The highest BCUT2D eigenvalue weighted by Gasteiger charge is 2.25. The molecule has 0 aromatic carbocycles. The van der Waals surface area contributed by atoms with Crippen molar-refractivity contribution in [1.82, 2.24) is 20.6 Å². The molecule has 1 saturated carbocycles. The maximum atomic E-state index is 12.8. The lowest BCUT2D eigenvalue weighted by atomic mass is 9.93. The Labute approximate surface area is 183 Å². The van der Waals surface area contributed by atoms with E-state index in [4.69, 9.17) is 5.11 Å².